The summed E-state index contributed by atoms with van der Waals surface area (Å²) >= 11 is 0. The number of halogens is 1. The van der Waals surface area contributed by atoms with Gasteiger partial charge in [-0.2, -0.15) is 0 Å². The van der Waals surface area contributed by atoms with Gasteiger partial charge in [-0.3, -0.25) is 4.79 Å². The van der Waals surface area contributed by atoms with Crippen molar-refractivity contribution in [3.05, 3.63) is 11.8 Å². The zero-order chi connectivity index (χ0) is 9.97. The minimum absolute atomic E-state index is 0. The zero-order valence-corrected chi connectivity index (χ0v) is 9.42. The summed E-state index contributed by atoms with van der Waals surface area (Å²) in [6.07, 6.45) is 6.43. The molecule has 15 heavy (non-hydrogen) atoms. The van der Waals surface area contributed by atoms with Gasteiger partial charge in [-0.05, 0) is 18.9 Å². The van der Waals surface area contributed by atoms with Crippen LogP contribution in [0.4, 0.5) is 0 Å². The Morgan fingerprint density at radius 2 is 2.20 bits per heavy atom. The molecule has 2 aliphatic rings. The van der Waals surface area contributed by atoms with Crippen molar-refractivity contribution in [1.29, 1.82) is 0 Å². The quantitative estimate of drug-likeness (QED) is 0.731. The van der Waals surface area contributed by atoms with Crippen molar-refractivity contribution in [3.8, 4) is 0 Å². The maximum Gasteiger partial charge on any atom is 0.267 e. The van der Waals surface area contributed by atoms with E-state index in [2.05, 4.69) is 9.89 Å². The van der Waals surface area contributed by atoms with Gasteiger partial charge in [0.1, 0.15) is 11.5 Å². The highest BCUT2D eigenvalue weighted by Crippen LogP contribution is 2.17. The molecule has 1 saturated heterocycles. The van der Waals surface area contributed by atoms with Crippen LogP contribution in [0.1, 0.15) is 25.7 Å². The van der Waals surface area contributed by atoms with E-state index < -0.39 is 5.91 Å². The lowest BCUT2D eigenvalue weighted by Gasteiger charge is -2.25. The molecule has 0 aromatic heterocycles. The summed E-state index contributed by atoms with van der Waals surface area (Å²) in [5, 5.41) is 0. The first-order valence-electron chi connectivity index (χ1n) is 5.10. The molecule has 0 aromatic carbocycles. The number of carbonyl (C=O) groups excluding carboxylic acids is 1. The fraction of sp³-hybridized carbons (Fsp3) is 0.600. The Kier molecular flexibility index (Phi) is 4.15. The average Bonchev–Trinajstić information content (AvgIpc) is 2.41. The molecule has 0 aromatic rings. The normalized spacial score (nSPS) is 20.4. The smallest absolute Gasteiger partial charge is 0.267 e. The lowest BCUT2D eigenvalue weighted by atomic mass is 10.2. The summed E-state index contributed by atoms with van der Waals surface area (Å²) < 4.78 is 0. The SMILES string of the molecule is Cl.NC(=O)C1=CCN2CCCCCC2=N1. The molecule has 0 atom stereocenters. The predicted molar refractivity (Wildman–Crippen MR) is 62.0 cm³/mol. The molecule has 4 nitrogen and oxygen atoms in total. The summed E-state index contributed by atoms with van der Waals surface area (Å²) in [7, 11) is 0. The van der Waals surface area contributed by atoms with Crippen LogP contribution in [-0.2, 0) is 4.79 Å². The number of nitrogens with zero attached hydrogens (tertiary/aromatic N) is 2. The number of amides is 1. The molecule has 2 rings (SSSR count). The van der Waals surface area contributed by atoms with Gasteiger partial charge in [-0.25, -0.2) is 4.99 Å². The number of hydrogen-bond acceptors (Lipinski definition) is 3. The van der Waals surface area contributed by atoms with Crippen molar-refractivity contribution in [3.63, 3.8) is 0 Å². The maximum atomic E-state index is 10.9. The standard InChI is InChI=1S/C10H15N3O.ClH/c11-10(14)8-5-7-13-6-3-1-2-4-9(13)12-8;/h5H,1-4,6-7H2,(H2,11,14);1H. The zero-order valence-electron chi connectivity index (χ0n) is 8.61. The summed E-state index contributed by atoms with van der Waals surface area (Å²) in [5.41, 5.74) is 5.62. The Labute approximate surface area is 95.6 Å². The highest BCUT2D eigenvalue weighted by atomic mass is 35.5. The van der Waals surface area contributed by atoms with Gasteiger partial charge in [0, 0.05) is 19.5 Å². The van der Waals surface area contributed by atoms with E-state index in [1.54, 1.807) is 0 Å². The van der Waals surface area contributed by atoms with Gasteiger partial charge in [0.2, 0.25) is 0 Å². The van der Waals surface area contributed by atoms with Crippen molar-refractivity contribution >= 4 is 24.1 Å². The number of rotatable bonds is 1. The molecule has 0 unspecified atom stereocenters. The van der Waals surface area contributed by atoms with E-state index in [1.165, 1.54) is 19.3 Å². The molecular formula is C10H16ClN3O. The molecule has 2 heterocycles. The Morgan fingerprint density at radius 3 is 2.93 bits per heavy atom. The van der Waals surface area contributed by atoms with Gasteiger partial charge in [-0.1, -0.05) is 6.42 Å². The molecule has 2 N–H and O–H groups in total. The van der Waals surface area contributed by atoms with Gasteiger partial charge in [0.15, 0.2) is 0 Å². The molecule has 1 amide bonds. The Balaban J connectivity index is 0.00000112. The van der Waals surface area contributed by atoms with Crippen LogP contribution in [0.5, 0.6) is 0 Å². The first-order chi connectivity index (χ1) is 6.77. The van der Waals surface area contributed by atoms with Crippen molar-refractivity contribution in [1.82, 2.24) is 4.90 Å². The van der Waals surface area contributed by atoms with Crippen LogP contribution in [0.25, 0.3) is 0 Å². The van der Waals surface area contributed by atoms with E-state index in [-0.39, 0.29) is 12.4 Å². The summed E-state index contributed by atoms with van der Waals surface area (Å²) in [5.74, 6) is 0.625. The maximum absolute atomic E-state index is 10.9. The fourth-order valence-corrected chi connectivity index (χ4v) is 1.91. The summed E-state index contributed by atoms with van der Waals surface area (Å²) in [6.45, 7) is 1.85. The second-order valence-electron chi connectivity index (χ2n) is 3.74. The first-order valence-corrected chi connectivity index (χ1v) is 5.10. The van der Waals surface area contributed by atoms with E-state index in [4.69, 9.17) is 5.73 Å². The van der Waals surface area contributed by atoms with E-state index >= 15 is 0 Å². The van der Waals surface area contributed by atoms with Crippen LogP contribution in [0.2, 0.25) is 0 Å². The highest BCUT2D eigenvalue weighted by Gasteiger charge is 2.19. The van der Waals surface area contributed by atoms with Crippen molar-refractivity contribution < 1.29 is 4.79 Å². The largest absolute Gasteiger partial charge is 0.364 e. The Bertz CT molecular complexity index is 312. The number of amidine groups is 1. The topological polar surface area (TPSA) is 58.7 Å². The number of hydrogen-bond donors (Lipinski definition) is 1. The molecule has 2 aliphatic heterocycles. The molecule has 1 fully saturated rings. The van der Waals surface area contributed by atoms with Crippen molar-refractivity contribution in [2.24, 2.45) is 10.7 Å². The van der Waals surface area contributed by atoms with Gasteiger partial charge < -0.3 is 10.6 Å². The van der Waals surface area contributed by atoms with Crippen LogP contribution in [-0.4, -0.2) is 29.7 Å². The number of nitrogens with two attached hydrogens (primary N) is 1. The Hall–Kier alpha value is -1.03. The lowest BCUT2D eigenvalue weighted by Crippen LogP contribution is -2.34. The number of fused-ring (bicyclic) bond motifs is 1. The van der Waals surface area contributed by atoms with Crippen molar-refractivity contribution in [2.75, 3.05) is 13.1 Å². The minimum Gasteiger partial charge on any atom is -0.364 e. The second kappa shape index (κ2) is 5.16. The van der Waals surface area contributed by atoms with Crippen LogP contribution in [0.3, 0.4) is 0 Å². The molecule has 0 saturated carbocycles. The summed E-state index contributed by atoms with van der Waals surface area (Å²) in [4.78, 5) is 17.5. The third-order valence-electron chi connectivity index (χ3n) is 2.70. The minimum atomic E-state index is -0.415. The lowest BCUT2D eigenvalue weighted by molar-refractivity contribution is -0.114. The van der Waals surface area contributed by atoms with Gasteiger partial charge in [0.05, 0.1) is 0 Å². The average molecular weight is 230 g/mol. The van der Waals surface area contributed by atoms with Crippen LogP contribution in [0.15, 0.2) is 16.8 Å². The highest BCUT2D eigenvalue weighted by molar-refractivity contribution is 5.97. The number of primary amides is 1. The van der Waals surface area contributed by atoms with Gasteiger partial charge in [-0.15, -0.1) is 12.4 Å². The fourth-order valence-electron chi connectivity index (χ4n) is 1.91. The Morgan fingerprint density at radius 1 is 1.40 bits per heavy atom. The molecule has 0 radical (unpaired) electrons. The van der Waals surface area contributed by atoms with Crippen LogP contribution < -0.4 is 5.73 Å². The third kappa shape index (κ3) is 2.72. The molecule has 0 spiro atoms. The first kappa shape index (κ1) is 12.0. The molecule has 0 aliphatic carbocycles. The number of aliphatic imine (C=N–C) groups is 1. The van der Waals surface area contributed by atoms with E-state index in [0.717, 1.165) is 25.3 Å². The van der Waals surface area contributed by atoms with Gasteiger partial charge in [0.25, 0.3) is 5.91 Å². The van der Waals surface area contributed by atoms with E-state index in [9.17, 15) is 4.79 Å². The molecule has 5 heteroatoms. The van der Waals surface area contributed by atoms with E-state index in [1.807, 2.05) is 6.08 Å². The predicted octanol–water partition coefficient (Wildman–Crippen LogP) is 1.07. The monoisotopic (exact) mass is 229 g/mol. The molecule has 0 bridgehead atoms. The third-order valence-corrected chi connectivity index (χ3v) is 2.70. The van der Waals surface area contributed by atoms with Crippen molar-refractivity contribution in [2.45, 2.75) is 25.7 Å². The van der Waals surface area contributed by atoms with Crippen LogP contribution in [0, 0.1) is 0 Å². The summed E-state index contributed by atoms with van der Waals surface area (Å²) in [6, 6.07) is 0. The second-order valence-corrected chi connectivity index (χ2v) is 3.74. The van der Waals surface area contributed by atoms with E-state index in [0.29, 0.717) is 5.70 Å². The number of carbonyl (C=O) groups is 1. The van der Waals surface area contributed by atoms with Crippen LogP contribution >= 0.6 is 12.4 Å². The molecule has 84 valence electrons. The van der Waals surface area contributed by atoms with Gasteiger partial charge >= 0.3 is 0 Å². The molecular weight excluding hydrogens is 214 g/mol.